The average molecular weight is 294 g/mol. The minimum atomic E-state index is -4.08. The van der Waals surface area contributed by atoms with Gasteiger partial charge in [0.05, 0.1) is 6.42 Å². The number of hydrogen-bond donors (Lipinski definition) is 1. The van der Waals surface area contributed by atoms with Gasteiger partial charge in [-0.3, -0.25) is 0 Å². The summed E-state index contributed by atoms with van der Waals surface area (Å²) in [6, 6.07) is 0.181. The number of halogens is 3. The van der Waals surface area contributed by atoms with E-state index in [1.807, 2.05) is 11.9 Å². The molecular weight excluding hydrogens is 265 g/mol. The maximum atomic E-state index is 12.4. The molecule has 1 rings (SSSR count). The van der Waals surface area contributed by atoms with Crippen LogP contribution in [0.5, 0.6) is 0 Å². The zero-order valence-corrected chi connectivity index (χ0v) is 13.1. The van der Waals surface area contributed by atoms with Crippen molar-refractivity contribution in [2.45, 2.75) is 58.7 Å². The van der Waals surface area contributed by atoms with Gasteiger partial charge < -0.3 is 10.6 Å². The van der Waals surface area contributed by atoms with Crippen LogP contribution in [-0.2, 0) is 0 Å². The molecule has 1 saturated carbocycles. The highest BCUT2D eigenvalue weighted by Gasteiger charge is 2.38. The van der Waals surface area contributed by atoms with E-state index in [1.165, 1.54) is 0 Å². The van der Waals surface area contributed by atoms with E-state index in [0.29, 0.717) is 18.4 Å². The van der Waals surface area contributed by atoms with E-state index in [1.54, 1.807) is 0 Å². The fourth-order valence-corrected chi connectivity index (χ4v) is 3.28. The molecule has 3 atom stereocenters. The summed E-state index contributed by atoms with van der Waals surface area (Å²) in [6.07, 6.45) is -1.70. The summed E-state index contributed by atoms with van der Waals surface area (Å²) in [5.41, 5.74) is 6.03. The topological polar surface area (TPSA) is 29.3 Å². The van der Waals surface area contributed by atoms with Gasteiger partial charge in [-0.1, -0.05) is 20.8 Å². The Labute approximate surface area is 120 Å². The second-order valence-electron chi connectivity index (χ2n) is 7.28. The fourth-order valence-electron chi connectivity index (χ4n) is 3.28. The van der Waals surface area contributed by atoms with Crippen molar-refractivity contribution in [2.24, 2.45) is 23.0 Å². The lowest BCUT2D eigenvalue weighted by Crippen LogP contribution is -2.47. The average Bonchev–Trinajstić information content (AvgIpc) is 2.33. The van der Waals surface area contributed by atoms with E-state index in [-0.39, 0.29) is 18.0 Å². The van der Waals surface area contributed by atoms with Gasteiger partial charge in [0.25, 0.3) is 0 Å². The minimum absolute atomic E-state index is 0.0710. The molecule has 1 fully saturated rings. The molecule has 0 heterocycles. The Hall–Kier alpha value is -0.290. The molecule has 0 radical (unpaired) electrons. The third-order valence-corrected chi connectivity index (χ3v) is 4.80. The first-order valence-corrected chi connectivity index (χ1v) is 7.51. The number of nitrogens with two attached hydrogens (primary N) is 1. The molecule has 1 aliphatic rings. The van der Waals surface area contributed by atoms with E-state index in [2.05, 4.69) is 20.8 Å². The van der Waals surface area contributed by atoms with Crippen LogP contribution in [0.15, 0.2) is 0 Å². The summed E-state index contributed by atoms with van der Waals surface area (Å²) < 4.78 is 37.1. The monoisotopic (exact) mass is 294 g/mol. The van der Waals surface area contributed by atoms with Gasteiger partial charge in [-0.25, -0.2) is 0 Å². The third-order valence-electron chi connectivity index (χ3n) is 4.80. The number of rotatable bonds is 4. The van der Waals surface area contributed by atoms with Crippen LogP contribution in [0.1, 0.15) is 46.5 Å². The summed E-state index contributed by atoms with van der Waals surface area (Å²) in [5.74, 6) is 0.885. The number of hydrogen-bond acceptors (Lipinski definition) is 2. The highest BCUT2D eigenvalue weighted by Crippen LogP contribution is 2.41. The molecule has 2 N–H and O–H groups in total. The van der Waals surface area contributed by atoms with Crippen LogP contribution in [0.25, 0.3) is 0 Å². The Morgan fingerprint density at radius 2 is 1.75 bits per heavy atom. The van der Waals surface area contributed by atoms with Gasteiger partial charge >= 0.3 is 6.18 Å². The van der Waals surface area contributed by atoms with Crippen LogP contribution in [0.2, 0.25) is 0 Å². The molecule has 2 nitrogen and oxygen atoms in total. The lowest BCUT2D eigenvalue weighted by atomic mass is 9.67. The smallest absolute Gasteiger partial charge is 0.330 e. The summed E-state index contributed by atoms with van der Waals surface area (Å²) in [6.45, 7) is 7.28. The predicted octanol–water partition coefficient (Wildman–Crippen LogP) is 3.66. The molecule has 0 aromatic rings. The molecule has 0 aromatic heterocycles. The Morgan fingerprint density at radius 1 is 1.15 bits per heavy atom. The zero-order chi connectivity index (χ0) is 15.6. The van der Waals surface area contributed by atoms with E-state index in [0.717, 1.165) is 19.3 Å². The lowest BCUT2D eigenvalue weighted by Gasteiger charge is -2.45. The van der Waals surface area contributed by atoms with Crippen LogP contribution in [0.3, 0.4) is 0 Å². The summed E-state index contributed by atoms with van der Waals surface area (Å²) in [7, 11) is 1.81. The molecular formula is C15H29F3N2. The van der Waals surface area contributed by atoms with Crippen LogP contribution in [0, 0.1) is 17.3 Å². The zero-order valence-electron chi connectivity index (χ0n) is 13.1. The van der Waals surface area contributed by atoms with E-state index >= 15 is 0 Å². The first kappa shape index (κ1) is 17.8. The van der Waals surface area contributed by atoms with Gasteiger partial charge in [-0.2, -0.15) is 13.2 Å². The van der Waals surface area contributed by atoms with Crippen LogP contribution in [0.4, 0.5) is 13.2 Å². The van der Waals surface area contributed by atoms with Crippen LogP contribution >= 0.6 is 0 Å². The molecule has 0 bridgehead atoms. The van der Waals surface area contributed by atoms with Gasteiger partial charge in [0.15, 0.2) is 0 Å². The quantitative estimate of drug-likeness (QED) is 0.857. The van der Waals surface area contributed by atoms with Crippen molar-refractivity contribution in [3.8, 4) is 0 Å². The molecule has 20 heavy (non-hydrogen) atoms. The maximum absolute atomic E-state index is 12.4. The molecule has 0 amide bonds. The Balaban J connectivity index is 2.66. The SMILES string of the molecule is CN(CCC(F)(F)F)C1CC(C(C)(C)C)CCC1CN. The highest BCUT2D eigenvalue weighted by molar-refractivity contribution is 4.90. The van der Waals surface area contributed by atoms with E-state index < -0.39 is 12.6 Å². The summed E-state index contributed by atoms with van der Waals surface area (Å²) in [5, 5.41) is 0. The number of nitrogens with zero attached hydrogens (tertiary/aromatic N) is 1. The summed E-state index contributed by atoms with van der Waals surface area (Å²) in [4.78, 5) is 1.88. The molecule has 120 valence electrons. The molecule has 0 spiro atoms. The summed E-state index contributed by atoms with van der Waals surface area (Å²) >= 11 is 0. The molecule has 5 heteroatoms. The van der Waals surface area contributed by atoms with Crippen molar-refractivity contribution < 1.29 is 13.2 Å². The van der Waals surface area contributed by atoms with Crippen molar-refractivity contribution in [3.05, 3.63) is 0 Å². The molecule has 0 saturated heterocycles. The van der Waals surface area contributed by atoms with Gasteiger partial charge in [0.1, 0.15) is 0 Å². The molecule has 1 aliphatic carbocycles. The second-order valence-corrected chi connectivity index (χ2v) is 7.28. The minimum Gasteiger partial charge on any atom is -0.330 e. The van der Waals surface area contributed by atoms with Crippen LogP contribution < -0.4 is 5.73 Å². The largest absolute Gasteiger partial charge is 0.390 e. The first-order valence-electron chi connectivity index (χ1n) is 7.51. The van der Waals surface area contributed by atoms with Gasteiger partial charge in [0.2, 0.25) is 0 Å². The lowest BCUT2D eigenvalue weighted by molar-refractivity contribution is -0.139. The van der Waals surface area contributed by atoms with E-state index in [4.69, 9.17) is 5.73 Å². The van der Waals surface area contributed by atoms with Gasteiger partial charge in [-0.05, 0) is 50.1 Å². The van der Waals surface area contributed by atoms with Crippen molar-refractivity contribution in [3.63, 3.8) is 0 Å². The Morgan fingerprint density at radius 3 is 2.20 bits per heavy atom. The predicted molar refractivity (Wildman–Crippen MR) is 76.4 cm³/mol. The molecule has 3 unspecified atom stereocenters. The standard InChI is InChI=1S/C15H29F3N2/c1-14(2,3)12-6-5-11(10-19)13(9-12)20(4)8-7-15(16,17)18/h11-13H,5-10,19H2,1-4H3. The van der Waals surface area contributed by atoms with Crippen LogP contribution in [-0.4, -0.2) is 37.3 Å². The second kappa shape index (κ2) is 6.65. The highest BCUT2D eigenvalue weighted by atomic mass is 19.4. The van der Waals surface area contributed by atoms with Crippen molar-refractivity contribution >= 4 is 0 Å². The van der Waals surface area contributed by atoms with E-state index in [9.17, 15) is 13.2 Å². The maximum Gasteiger partial charge on any atom is 0.390 e. The number of alkyl halides is 3. The van der Waals surface area contributed by atoms with Crippen molar-refractivity contribution in [1.82, 2.24) is 4.90 Å². The molecule has 0 aliphatic heterocycles. The Kier molecular flexibility index (Phi) is 5.90. The normalized spacial score (nSPS) is 28.9. The first-order chi connectivity index (χ1) is 9.04. The van der Waals surface area contributed by atoms with Crippen molar-refractivity contribution in [1.29, 1.82) is 0 Å². The third kappa shape index (κ3) is 5.24. The molecule has 0 aromatic carbocycles. The Bertz CT molecular complexity index is 296. The van der Waals surface area contributed by atoms with Crippen molar-refractivity contribution in [2.75, 3.05) is 20.1 Å². The van der Waals surface area contributed by atoms with Gasteiger partial charge in [0, 0.05) is 12.6 Å². The fraction of sp³-hybridized carbons (Fsp3) is 1.00. The van der Waals surface area contributed by atoms with Gasteiger partial charge in [-0.15, -0.1) is 0 Å².